The minimum absolute atomic E-state index is 0.00197. The van der Waals surface area contributed by atoms with Crippen molar-refractivity contribution in [2.24, 2.45) is 0 Å². The van der Waals surface area contributed by atoms with Crippen LogP contribution in [0.15, 0.2) is 53.4 Å². The van der Waals surface area contributed by atoms with E-state index in [-0.39, 0.29) is 30.0 Å². The van der Waals surface area contributed by atoms with Crippen LogP contribution in [0.3, 0.4) is 0 Å². The van der Waals surface area contributed by atoms with Crippen molar-refractivity contribution in [1.29, 1.82) is 0 Å². The molecule has 2 aromatic rings. The van der Waals surface area contributed by atoms with Crippen molar-refractivity contribution in [2.75, 3.05) is 13.6 Å². The second-order valence-electron chi connectivity index (χ2n) is 7.77. The third kappa shape index (κ3) is 8.15. The number of aliphatic carboxylic acids is 1. The smallest absolute Gasteiger partial charge is 0.326 e. The van der Waals surface area contributed by atoms with Crippen LogP contribution in [0.5, 0.6) is 0 Å². The van der Waals surface area contributed by atoms with Gasteiger partial charge in [0.05, 0.1) is 16.4 Å². The highest BCUT2D eigenvalue weighted by molar-refractivity contribution is 7.89. The predicted octanol–water partition coefficient (Wildman–Crippen LogP) is 1.19. The topological polar surface area (TPSA) is 176 Å². The summed E-state index contributed by atoms with van der Waals surface area (Å²) in [5, 5.41) is 24.9. The van der Waals surface area contributed by atoms with Crippen molar-refractivity contribution in [3.05, 3.63) is 69.8 Å². The number of carboxylic acids is 1. The molecule has 35 heavy (non-hydrogen) atoms. The second-order valence-corrected chi connectivity index (χ2v) is 9.82. The minimum Gasteiger partial charge on any atom is -0.480 e. The number of nitro groups is 1. The van der Waals surface area contributed by atoms with Crippen molar-refractivity contribution in [2.45, 2.75) is 37.2 Å². The highest BCUT2D eigenvalue weighted by Crippen LogP contribution is 2.15. The Kier molecular flexibility index (Phi) is 9.42. The molecule has 0 aliphatic heterocycles. The van der Waals surface area contributed by atoms with E-state index in [0.29, 0.717) is 5.56 Å². The van der Waals surface area contributed by atoms with E-state index in [0.717, 1.165) is 9.87 Å². The fourth-order valence-corrected chi connectivity index (χ4v) is 4.10. The van der Waals surface area contributed by atoms with E-state index in [4.69, 9.17) is 0 Å². The lowest BCUT2D eigenvalue weighted by atomic mass is 10.1. The molecule has 188 valence electrons. The molecule has 0 radical (unpaired) electrons. The summed E-state index contributed by atoms with van der Waals surface area (Å²) < 4.78 is 26.0. The van der Waals surface area contributed by atoms with Crippen LogP contribution in [0.1, 0.15) is 24.0 Å². The van der Waals surface area contributed by atoms with Gasteiger partial charge in [-0.05, 0) is 31.0 Å². The number of nitrogens with one attached hydrogen (secondary N) is 2. The Hall–Kier alpha value is -3.84. The van der Waals surface area contributed by atoms with Crippen molar-refractivity contribution in [3.8, 4) is 0 Å². The number of likely N-dealkylation sites (N-methyl/N-ethyl adjacent to an activating group) is 1. The fraction of sp³-hybridized carbons (Fsp3) is 0.318. The first-order valence-corrected chi connectivity index (χ1v) is 11.9. The number of sulfonamides is 1. The summed E-state index contributed by atoms with van der Waals surface area (Å²) in [5.74, 6) is -2.68. The number of carbonyl (C=O) groups excluding carboxylic acids is 2. The van der Waals surface area contributed by atoms with E-state index >= 15 is 0 Å². The third-order valence-corrected chi connectivity index (χ3v) is 6.84. The first-order valence-electron chi connectivity index (χ1n) is 10.5. The normalized spacial score (nSPS) is 12.1. The Bertz CT molecular complexity index is 1180. The van der Waals surface area contributed by atoms with E-state index in [9.17, 15) is 38.0 Å². The summed E-state index contributed by atoms with van der Waals surface area (Å²) in [6.45, 7) is 1.28. The van der Waals surface area contributed by atoms with Crippen LogP contribution in [0.2, 0.25) is 0 Å². The number of benzene rings is 2. The van der Waals surface area contributed by atoms with Gasteiger partial charge >= 0.3 is 5.97 Å². The van der Waals surface area contributed by atoms with Crippen LogP contribution in [0.4, 0.5) is 5.69 Å². The van der Waals surface area contributed by atoms with E-state index in [1.54, 1.807) is 19.1 Å². The molecule has 0 aliphatic rings. The van der Waals surface area contributed by atoms with E-state index in [1.165, 1.54) is 43.4 Å². The quantitative estimate of drug-likeness (QED) is 0.284. The van der Waals surface area contributed by atoms with Gasteiger partial charge in [0.25, 0.3) is 5.69 Å². The first kappa shape index (κ1) is 27.4. The maximum atomic E-state index is 12.6. The molecule has 13 heteroatoms. The number of carbonyl (C=O) groups is 3. The number of carboxylic acid groups (broad SMARTS) is 1. The number of amides is 2. The molecule has 0 heterocycles. The summed E-state index contributed by atoms with van der Waals surface area (Å²) in [7, 11) is -2.75. The maximum absolute atomic E-state index is 12.6. The van der Waals surface area contributed by atoms with E-state index in [1.807, 2.05) is 0 Å². The van der Waals surface area contributed by atoms with Gasteiger partial charge in [-0.25, -0.2) is 13.2 Å². The summed E-state index contributed by atoms with van der Waals surface area (Å²) in [5.41, 5.74) is 1.40. The average Bonchev–Trinajstić information content (AvgIpc) is 2.80. The minimum atomic E-state index is -3.95. The van der Waals surface area contributed by atoms with Crippen LogP contribution in [-0.4, -0.2) is 60.2 Å². The molecular formula is C22H26N4O8S. The zero-order chi connectivity index (χ0) is 26.2. The van der Waals surface area contributed by atoms with Gasteiger partial charge in [-0.1, -0.05) is 29.8 Å². The lowest BCUT2D eigenvalue weighted by molar-refractivity contribution is -0.384. The van der Waals surface area contributed by atoms with Crippen LogP contribution in [-0.2, 0) is 31.0 Å². The molecule has 1 atom stereocenters. The van der Waals surface area contributed by atoms with Crippen molar-refractivity contribution >= 4 is 33.5 Å². The number of nitrogens with zero attached hydrogens (tertiary/aromatic N) is 2. The van der Waals surface area contributed by atoms with Crippen LogP contribution < -0.4 is 10.6 Å². The fourth-order valence-electron chi connectivity index (χ4n) is 2.97. The zero-order valence-corrected chi connectivity index (χ0v) is 19.9. The number of non-ortho nitro benzene ring substituents is 1. The first-order chi connectivity index (χ1) is 16.4. The molecule has 0 spiro atoms. The molecule has 2 amide bonds. The Morgan fingerprint density at radius 3 is 2.20 bits per heavy atom. The van der Waals surface area contributed by atoms with Crippen LogP contribution >= 0.6 is 0 Å². The molecule has 2 aromatic carbocycles. The molecule has 3 N–H and O–H groups in total. The van der Waals surface area contributed by atoms with Gasteiger partial charge in [-0.2, -0.15) is 4.31 Å². The molecule has 0 saturated heterocycles. The standard InChI is InChI=1S/C22H26N4O8S/c1-15-3-9-18(10-4-15)35(33,34)25(2)14-21(28)24-19(22(29)30)11-12-20(27)23-13-16-5-7-17(8-6-16)26(31)32/h3-10,19H,11-14H2,1-2H3,(H,23,27)(H,24,28)(H,29,30)/t19-/m0/s1. The Morgan fingerprint density at radius 2 is 1.66 bits per heavy atom. The average molecular weight is 507 g/mol. The third-order valence-electron chi connectivity index (χ3n) is 5.03. The molecule has 0 aliphatic carbocycles. The molecule has 0 saturated carbocycles. The molecule has 0 fully saturated rings. The van der Waals surface area contributed by atoms with Crippen LogP contribution in [0, 0.1) is 17.0 Å². The van der Waals surface area contributed by atoms with E-state index in [2.05, 4.69) is 10.6 Å². The van der Waals surface area contributed by atoms with Crippen molar-refractivity contribution < 1.29 is 32.8 Å². The SMILES string of the molecule is Cc1ccc(S(=O)(=O)N(C)CC(=O)N[C@@H](CCC(=O)NCc2ccc([N+](=O)[O-])cc2)C(=O)O)cc1. The number of hydrogen-bond donors (Lipinski definition) is 3. The summed E-state index contributed by atoms with van der Waals surface area (Å²) in [4.78, 5) is 46.0. The van der Waals surface area contributed by atoms with Gasteiger partial charge in [-0.15, -0.1) is 0 Å². The maximum Gasteiger partial charge on any atom is 0.326 e. The molecular weight excluding hydrogens is 480 g/mol. The molecule has 12 nitrogen and oxygen atoms in total. The number of hydrogen-bond acceptors (Lipinski definition) is 7. The van der Waals surface area contributed by atoms with Gasteiger partial charge < -0.3 is 15.7 Å². The lowest BCUT2D eigenvalue weighted by Gasteiger charge is -2.19. The Morgan fingerprint density at radius 1 is 1.06 bits per heavy atom. The molecule has 0 bridgehead atoms. The highest BCUT2D eigenvalue weighted by Gasteiger charge is 2.26. The molecule has 2 rings (SSSR count). The Labute approximate surface area is 202 Å². The molecule has 0 unspecified atom stereocenters. The predicted molar refractivity (Wildman–Crippen MR) is 125 cm³/mol. The van der Waals surface area contributed by atoms with Gasteiger partial charge in [0.15, 0.2) is 0 Å². The second kappa shape index (κ2) is 12.0. The summed E-state index contributed by atoms with van der Waals surface area (Å²) >= 11 is 0. The van der Waals surface area contributed by atoms with Gasteiger partial charge in [0.2, 0.25) is 21.8 Å². The largest absolute Gasteiger partial charge is 0.480 e. The number of aryl methyl sites for hydroxylation is 1. The zero-order valence-electron chi connectivity index (χ0n) is 19.1. The molecule has 0 aromatic heterocycles. The summed E-state index contributed by atoms with van der Waals surface area (Å²) in [6, 6.07) is 10.2. The van der Waals surface area contributed by atoms with Crippen molar-refractivity contribution in [3.63, 3.8) is 0 Å². The number of rotatable bonds is 12. The van der Waals surface area contributed by atoms with Gasteiger partial charge in [-0.3, -0.25) is 19.7 Å². The Balaban J connectivity index is 1.86. The summed E-state index contributed by atoms with van der Waals surface area (Å²) in [6.07, 6.45) is -0.441. The van der Waals surface area contributed by atoms with Gasteiger partial charge in [0, 0.05) is 32.1 Å². The number of nitro benzene ring substituents is 1. The van der Waals surface area contributed by atoms with Crippen LogP contribution in [0.25, 0.3) is 0 Å². The van der Waals surface area contributed by atoms with Crippen molar-refractivity contribution in [1.82, 2.24) is 14.9 Å². The van der Waals surface area contributed by atoms with E-state index < -0.39 is 45.3 Å². The monoisotopic (exact) mass is 506 g/mol. The van der Waals surface area contributed by atoms with Gasteiger partial charge in [0.1, 0.15) is 6.04 Å². The highest BCUT2D eigenvalue weighted by atomic mass is 32.2. The lowest BCUT2D eigenvalue weighted by Crippen LogP contribution is -2.46.